The second kappa shape index (κ2) is 17.8. The quantitative estimate of drug-likeness (QED) is 0.235. The third-order valence-corrected chi connectivity index (χ3v) is 5.41. The van der Waals surface area contributed by atoms with Crippen molar-refractivity contribution in [1.82, 2.24) is 0 Å². The molecule has 24 heavy (non-hydrogen) atoms. The van der Waals surface area contributed by atoms with Crippen molar-refractivity contribution in [3.05, 3.63) is 0 Å². The predicted molar refractivity (Wildman–Crippen MR) is 105 cm³/mol. The first-order valence-electron chi connectivity index (χ1n) is 10.4. The Labute approximate surface area is 152 Å². The summed E-state index contributed by atoms with van der Waals surface area (Å²) in [6.45, 7) is 10.0. The van der Waals surface area contributed by atoms with Crippen molar-refractivity contribution < 1.29 is 13.6 Å². The normalized spacial score (nSPS) is 11.6. The molecule has 0 aromatic heterocycles. The summed E-state index contributed by atoms with van der Waals surface area (Å²) >= 11 is 0. The van der Waals surface area contributed by atoms with Gasteiger partial charge in [-0.05, 0) is 37.5 Å². The van der Waals surface area contributed by atoms with Gasteiger partial charge in [-0.1, -0.05) is 79.1 Å². The maximum absolute atomic E-state index is 12.1. The number of hydrogen-bond acceptors (Lipinski definition) is 3. The second-order valence-electron chi connectivity index (χ2n) is 7.12. The van der Waals surface area contributed by atoms with E-state index in [9.17, 15) is 4.57 Å². The molecule has 0 atom stereocenters. The Morgan fingerprint density at radius 3 is 1.17 bits per heavy atom. The first-order chi connectivity index (χ1) is 11.7. The summed E-state index contributed by atoms with van der Waals surface area (Å²) in [5.41, 5.74) is 0. The molecule has 0 spiro atoms. The molecule has 0 aromatic carbocycles. The molecule has 0 radical (unpaired) electrons. The van der Waals surface area contributed by atoms with E-state index in [1.165, 1.54) is 77.0 Å². The van der Waals surface area contributed by atoms with Gasteiger partial charge in [0.1, 0.15) is 13.2 Å². The van der Waals surface area contributed by atoms with Crippen LogP contribution in [0.25, 0.3) is 0 Å². The summed E-state index contributed by atoms with van der Waals surface area (Å²) in [7, 11) is -1.96. The van der Waals surface area contributed by atoms with Gasteiger partial charge in [-0.2, -0.15) is 0 Å². The Kier molecular flexibility index (Phi) is 17.8. The third-order valence-electron chi connectivity index (χ3n) is 4.69. The van der Waals surface area contributed by atoms with Crippen LogP contribution in [-0.4, -0.2) is 13.2 Å². The van der Waals surface area contributed by atoms with E-state index in [-0.39, 0.29) is 0 Å². The number of unbranched alkanes of at least 4 members (excludes halogenated alkanes) is 4. The van der Waals surface area contributed by atoms with Gasteiger partial charge < -0.3 is 0 Å². The standard InChI is InChI=1S/C20H42O3P/c1-5-9-13-19(14-10-6-2)17-22-24(21)23-18-20(15-11-7-3)16-12-8-4/h19-20H,5-18H2,1-4H3/q+1. The lowest BCUT2D eigenvalue weighted by Crippen LogP contribution is -2.10. The van der Waals surface area contributed by atoms with Crippen molar-refractivity contribution in [1.29, 1.82) is 0 Å². The van der Waals surface area contributed by atoms with Crippen LogP contribution in [0.5, 0.6) is 0 Å². The molecular weight excluding hydrogens is 319 g/mol. The summed E-state index contributed by atoms with van der Waals surface area (Å²) in [4.78, 5) is 0. The van der Waals surface area contributed by atoms with Crippen LogP contribution in [0.3, 0.4) is 0 Å². The molecule has 0 aliphatic carbocycles. The maximum atomic E-state index is 12.1. The molecule has 0 N–H and O–H groups in total. The summed E-state index contributed by atoms with van der Waals surface area (Å²) in [6, 6.07) is 0. The van der Waals surface area contributed by atoms with Gasteiger partial charge in [0.25, 0.3) is 0 Å². The molecule has 0 aromatic rings. The van der Waals surface area contributed by atoms with E-state index >= 15 is 0 Å². The molecule has 0 saturated heterocycles. The van der Waals surface area contributed by atoms with Crippen molar-refractivity contribution in [2.24, 2.45) is 11.8 Å². The van der Waals surface area contributed by atoms with E-state index < -0.39 is 8.25 Å². The van der Waals surface area contributed by atoms with Crippen molar-refractivity contribution in [3.8, 4) is 0 Å². The van der Waals surface area contributed by atoms with Gasteiger partial charge in [0.15, 0.2) is 0 Å². The Morgan fingerprint density at radius 1 is 0.625 bits per heavy atom. The highest BCUT2D eigenvalue weighted by molar-refractivity contribution is 7.33. The highest BCUT2D eigenvalue weighted by Crippen LogP contribution is 2.30. The van der Waals surface area contributed by atoms with E-state index in [1.807, 2.05) is 0 Å². The third kappa shape index (κ3) is 14.4. The first-order valence-corrected chi connectivity index (χ1v) is 11.5. The Balaban J connectivity index is 4.08. The zero-order valence-corrected chi connectivity index (χ0v) is 17.6. The molecule has 144 valence electrons. The second-order valence-corrected chi connectivity index (χ2v) is 8.08. The molecule has 0 unspecified atom stereocenters. The van der Waals surface area contributed by atoms with Gasteiger partial charge in [-0.15, -0.1) is 9.05 Å². The molecule has 0 aliphatic rings. The van der Waals surface area contributed by atoms with E-state index in [1.54, 1.807) is 0 Å². The van der Waals surface area contributed by atoms with Crippen LogP contribution in [0.4, 0.5) is 0 Å². The van der Waals surface area contributed by atoms with Gasteiger partial charge >= 0.3 is 8.25 Å². The molecular formula is C20H42O3P+. The SMILES string of the molecule is CCCCC(CCCC)CO[P+](=O)OCC(CCCC)CCCC. The zero-order chi connectivity index (χ0) is 18.0. The van der Waals surface area contributed by atoms with Crippen molar-refractivity contribution in [2.45, 2.75) is 105 Å². The van der Waals surface area contributed by atoms with Crippen LogP contribution in [0.15, 0.2) is 0 Å². The molecule has 3 nitrogen and oxygen atoms in total. The lowest BCUT2D eigenvalue weighted by atomic mass is 9.97. The summed E-state index contributed by atoms with van der Waals surface area (Å²) in [6.07, 6.45) is 14.5. The fourth-order valence-electron chi connectivity index (χ4n) is 2.96. The van der Waals surface area contributed by atoms with Gasteiger partial charge in [0, 0.05) is 4.57 Å². The van der Waals surface area contributed by atoms with Crippen molar-refractivity contribution >= 4 is 8.25 Å². The Bertz CT molecular complexity index is 242. The molecule has 0 fully saturated rings. The van der Waals surface area contributed by atoms with Crippen LogP contribution >= 0.6 is 8.25 Å². The molecule has 0 bridgehead atoms. The molecule has 0 amide bonds. The first kappa shape index (κ1) is 24.0. The number of rotatable bonds is 18. The van der Waals surface area contributed by atoms with Crippen LogP contribution < -0.4 is 0 Å². The highest BCUT2D eigenvalue weighted by Gasteiger charge is 2.25. The molecule has 0 saturated carbocycles. The number of hydrogen-bond donors (Lipinski definition) is 0. The topological polar surface area (TPSA) is 35.5 Å². The fraction of sp³-hybridized carbons (Fsp3) is 1.00. The molecule has 0 rings (SSSR count). The van der Waals surface area contributed by atoms with Crippen LogP contribution in [0.1, 0.15) is 105 Å². The lowest BCUT2D eigenvalue weighted by Gasteiger charge is -2.13. The van der Waals surface area contributed by atoms with E-state index in [0.717, 1.165) is 0 Å². The van der Waals surface area contributed by atoms with E-state index in [0.29, 0.717) is 25.0 Å². The van der Waals surface area contributed by atoms with E-state index in [4.69, 9.17) is 9.05 Å². The summed E-state index contributed by atoms with van der Waals surface area (Å²) in [5.74, 6) is 1.06. The highest BCUT2D eigenvalue weighted by atomic mass is 31.1. The van der Waals surface area contributed by atoms with Gasteiger partial charge in [0.2, 0.25) is 0 Å². The minimum atomic E-state index is -1.96. The summed E-state index contributed by atoms with van der Waals surface area (Å²) in [5, 5.41) is 0. The maximum Gasteiger partial charge on any atom is 0.697 e. The minimum Gasteiger partial charge on any atom is -0.119 e. The van der Waals surface area contributed by atoms with Gasteiger partial charge in [-0.25, -0.2) is 0 Å². The lowest BCUT2D eigenvalue weighted by molar-refractivity contribution is 0.162. The molecule has 0 aliphatic heterocycles. The Morgan fingerprint density at radius 2 is 0.917 bits per heavy atom. The largest absolute Gasteiger partial charge is 0.697 e. The molecule has 4 heteroatoms. The molecule has 0 heterocycles. The fourth-order valence-corrected chi connectivity index (χ4v) is 3.70. The Hall–Kier alpha value is 0.0200. The van der Waals surface area contributed by atoms with Crippen LogP contribution in [0.2, 0.25) is 0 Å². The minimum absolute atomic E-state index is 0.531. The van der Waals surface area contributed by atoms with E-state index in [2.05, 4.69) is 27.7 Å². The smallest absolute Gasteiger partial charge is 0.119 e. The van der Waals surface area contributed by atoms with Crippen molar-refractivity contribution in [3.63, 3.8) is 0 Å². The predicted octanol–water partition coefficient (Wildman–Crippen LogP) is 7.67. The van der Waals surface area contributed by atoms with Crippen LogP contribution in [0, 0.1) is 11.8 Å². The zero-order valence-electron chi connectivity index (χ0n) is 16.7. The van der Waals surface area contributed by atoms with Gasteiger partial charge in [-0.3, -0.25) is 0 Å². The average molecular weight is 362 g/mol. The average Bonchev–Trinajstić information content (AvgIpc) is 2.60. The van der Waals surface area contributed by atoms with Crippen LogP contribution in [-0.2, 0) is 13.6 Å². The van der Waals surface area contributed by atoms with Gasteiger partial charge in [0.05, 0.1) is 0 Å². The monoisotopic (exact) mass is 361 g/mol. The summed E-state index contributed by atoms with van der Waals surface area (Å²) < 4.78 is 23.1. The van der Waals surface area contributed by atoms with Crippen molar-refractivity contribution in [2.75, 3.05) is 13.2 Å².